The number of aromatic nitrogens is 2. The number of nitrogens with one attached hydrogen (secondary N) is 1. The number of aryl methyl sites for hydroxylation is 2. The molecule has 2 heterocycles. The van der Waals surface area contributed by atoms with Crippen molar-refractivity contribution in [2.45, 2.75) is 31.6 Å². The van der Waals surface area contributed by atoms with E-state index < -0.39 is 17.8 Å². The molecule has 0 aliphatic carbocycles. The zero-order valence-electron chi connectivity index (χ0n) is 24.6. The van der Waals surface area contributed by atoms with Gasteiger partial charge in [-0.05, 0) is 67.4 Å². The lowest BCUT2D eigenvalue weighted by molar-refractivity contribution is -0.137. The normalized spacial score (nSPS) is 12.4. The number of hydrogen-bond acceptors (Lipinski definition) is 9. The molecule has 1 N–H and O–H groups in total. The summed E-state index contributed by atoms with van der Waals surface area (Å²) >= 11 is 1.17. The fraction of sp³-hybridized carbons (Fsp3) is 0.250. The summed E-state index contributed by atoms with van der Waals surface area (Å²) in [5, 5.41) is 3.37. The molecule has 0 fully saturated rings. The number of nitrogens with zero attached hydrogens (tertiary/aromatic N) is 3. The SMILES string of the molecule is COc1ccc([C@@H](C(=O)Nc2ccc3c(c2)OCO3)N(Cc2ccc(F)cc2)C(=O)CSc2nc(C)cc(C)n2)cc1OC. The summed E-state index contributed by atoms with van der Waals surface area (Å²) in [6.45, 7) is 3.81. The molecule has 1 aromatic heterocycles. The van der Waals surface area contributed by atoms with Gasteiger partial charge in [-0.25, -0.2) is 14.4 Å². The van der Waals surface area contributed by atoms with Crippen LogP contribution in [-0.4, -0.2) is 53.4 Å². The van der Waals surface area contributed by atoms with E-state index in [1.54, 1.807) is 48.5 Å². The van der Waals surface area contributed by atoms with E-state index in [1.165, 1.54) is 43.0 Å². The fourth-order valence-electron chi connectivity index (χ4n) is 4.76. The molecule has 4 aromatic rings. The Morgan fingerprint density at radius 3 is 2.34 bits per heavy atom. The average Bonchev–Trinajstić information content (AvgIpc) is 3.48. The van der Waals surface area contributed by atoms with E-state index in [2.05, 4.69) is 15.3 Å². The first-order valence-electron chi connectivity index (χ1n) is 13.7. The molecule has 12 heteroatoms. The molecule has 0 saturated heterocycles. The van der Waals surface area contributed by atoms with Gasteiger partial charge < -0.3 is 29.2 Å². The van der Waals surface area contributed by atoms with Crippen molar-refractivity contribution in [2.75, 3.05) is 32.1 Å². The van der Waals surface area contributed by atoms with Crippen LogP contribution in [0.4, 0.5) is 10.1 Å². The maximum absolute atomic E-state index is 14.2. The monoisotopic (exact) mass is 618 g/mol. The van der Waals surface area contributed by atoms with Gasteiger partial charge in [0.2, 0.25) is 12.7 Å². The summed E-state index contributed by atoms with van der Waals surface area (Å²) in [5.41, 5.74) is 3.12. The van der Waals surface area contributed by atoms with Gasteiger partial charge in [-0.2, -0.15) is 0 Å². The van der Waals surface area contributed by atoms with Crippen LogP contribution in [0, 0.1) is 19.7 Å². The topological polar surface area (TPSA) is 112 Å². The van der Waals surface area contributed by atoms with E-state index in [0.29, 0.717) is 45.0 Å². The van der Waals surface area contributed by atoms with Crippen LogP contribution in [0.5, 0.6) is 23.0 Å². The Labute approximate surface area is 258 Å². The average molecular weight is 619 g/mol. The first-order chi connectivity index (χ1) is 21.2. The Hall–Kier alpha value is -4.84. The van der Waals surface area contributed by atoms with Crippen LogP contribution < -0.4 is 24.3 Å². The third-order valence-corrected chi connectivity index (χ3v) is 7.63. The molecule has 1 aliphatic heterocycles. The van der Waals surface area contributed by atoms with Gasteiger partial charge in [-0.15, -0.1) is 0 Å². The Morgan fingerprint density at radius 2 is 1.64 bits per heavy atom. The van der Waals surface area contributed by atoms with Crippen molar-refractivity contribution in [3.05, 3.63) is 95.1 Å². The fourth-order valence-corrected chi connectivity index (χ4v) is 5.59. The molecule has 3 aromatic carbocycles. The van der Waals surface area contributed by atoms with Gasteiger partial charge in [0.05, 0.1) is 20.0 Å². The van der Waals surface area contributed by atoms with Gasteiger partial charge in [0.25, 0.3) is 5.91 Å². The molecule has 0 radical (unpaired) electrons. The van der Waals surface area contributed by atoms with E-state index in [1.807, 2.05) is 19.9 Å². The summed E-state index contributed by atoms with van der Waals surface area (Å²) < 4.78 is 35.6. The van der Waals surface area contributed by atoms with Gasteiger partial charge in [0.15, 0.2) is 28.2 Å². The number of methoxy groups -OCH3 is 2. The van der Waals surface area contributed by atoms with Gasteiger partial charge >= 0.3 is 0 Å². The molecule has 10 nitrogen and oxygen atoms in total. The highest BCUT2D eigenvalue weighted by atomic mass is 32.2. The number of carbonyl (C=O) groups excluding carboxylic acids is 2. The Balaban J connectivity index is 1.53. The summed E-state index contributed by atoms with van der Waals surface area (Å²) in [4.78, 5) is 38.6. The van der Waals surface area contributed by atoms with Crippen LogP contribution in [0.2, 0.25) is 0 Å². The molecule has 44 heavy (non-hydrogen) atoms. The largest absolute Gasteiger partial charge is 0.493 e. The number of anilines is 1. The van der Waals surface area contributed by atoms with E-state index in [-0.39, 0.29) is 25.0 Å². The van der Waals surface area contributed by atoms with E-state index >= 15 is 0 Å². The minimum absolute atomic E-state index is 0.0148. The lowest BCUT2D eigenvalue weighted by Gasteiger charge is -2.32. The number of halogens is 1. The van der Waals surface area contributed by atoms with Crippen LogP contribution in [-0.2, 0) is 16.1 Å². The highest BCUT2D eigenvalue weighted by molar-refractivity contribution is 7.99. The summed E-state index contributed by atoms with van der Waals surface area (Å²) in [6, 6.07) is 16.6. The standard InChI is InChI=1S/C32H31FN4O6S/c1-19-13-20(2)35-32(34-19)44-17-29(38)37(16-21-5-8-23(33)9-6-21)30(22-7-11-25(40-3)27(14-22)41-4)31(39)36-24-10-12-26-28(15-24)43-18-42-26/h5-15,30H,16-18H2,1-4H3,(H,36,39)/t30-/m0/s1. The number of hydrogen-bond donors (Lipinski definition) is 1. The van der Waals surface area contributed by atoms with Crippen molar-refractivity contribution >= 4 is 29.3 Å². The second kappa shape index (κ2) is 13.6. The lowest BCUT2D eigenvalue weighted by Crippen LogP contribution is -2.41. The number of ether oxygens (including phenoxy) is 4. The molecule has 1 aliphatic rings. The molecule has 5 rings (SSSR count). The molecular formula is C32H31FN4O6S. The first-order valence-corrected chi connectivity index (χ1v) is 14.6. The maximum Gasteiger partial charge on any atom is 0.251 e. The third-order valence-electron chi connectivity index (χ3n) is 6.80. The maximum atomic E-state index is 14.2. The van der Waals surface area contributed by atoms with Crippen LogP contribution in [0.15, 0.2) is 71.9 Å². The molecular weight excluding hydrogens is 587 g/mol. The molecule has 2 amide bonds. The van der Waals surface area contributed by atoms with Crippen LogP contribution in [0.1, 0.15) is 28.6 Å². The number of thioether (sulfide) groups is 1. The number of fused-ring (bicyclic) bond motifs is 1. The zero-order valence-corrected chi connectivity index (χ0v) is 25.4. The highest BCUT2D eigenvalue weighted by Gasteiger charge is 2.33. The van der Waals surface area contributed by atoms with E-state index in [0.717, 1.165) is 11.4 Å². The molecule has 0 bridgehead atoms. The molecule has 0 saturated carbocycles. The number of carbonyl (C=O) groups is 2. The minimum Gasteiger partial charge on any atom is -0.493 e. The van der Waals surface area contributed by atoms with E-state index in [9.17, 15) is 14.0 Å². The van der Waals surface area contributed by atoms with Gasteiger partial charge in [0, 0.05) is 29.7 Å². The molecule has 0 spiro atoms. The van der Waals surface area contributed by atoms with Crippen molar-refractivity contribution in [3.8, 4) is 23.0 Å². The van der Waals surface area contributed by atoms with E-state index in [4.69, 9.17) is 18.9 Å². The van der Waals surface area contributed by atoms with Crippen molar-refractivity contribution in [1.29, 1.82) is 0 Å². The smallest absolute Gasteiger partial charge is 0.251 e. The predicted octanol–water partition coefficient (Wildman–Crippen LogP) is 5.48. The second-order valence-electron chi connectivity index (χ2n) is 9.94. The number of rotatable bonds is 11. The minimum atomic E-state index is -1.13. The number of benzene rings is 3. The molecule has 228 valence electrons. The van der Waals surface area contributed by atoms with Crippen molar-refractivity contribution in [1.82, 2.24) is 14.9 Å². The van der Waals surface area contributed by atoms with Gasteiger partial charge in [-0.1, -0.05) is 30.0 Å². The molecule has 1 atom stereocenters. The number of amides is 2. The van der Waals surface area contributed by atoms with Gasteiger partial charge in [-0.3, -0.25) is 9.59 Å². The summed E-state index contributed by atoms with van der Waals surface area (Å²) in [6.07, 6.45) is 0. The van der Waals surface area contributed by atoms with Gasteiger partial charge in [0.1, 0.15) is 11.9 Å². The van der Waals surface area contributed by atoms with Crippen molar-refractivity contribution in [2.24, 2.45) is 0 Å². The molecule has 0 unspecified atom stereocenters. The Bertz CT molecular complexity index is 1650. The third kappa shape index (κ3) is 7.20. The van der Waals surface area contributed by atoms with Crippen LogP contribution in [0.25, 0.3) is 0 Å². The second-order valence-corrected chi connectivity index (χ2v) is 10.9. The predicted molar refractivity (Wildman–Crippen MR) is 163 cm³/mol. The van der Waals surface area contributed by atoms with Crippen LogP contribution in [0.3, 0.4) is 0 Å². The van der Waals surface area contributed by atoms with Crippen molar-refractivity contribution < 1.29 is 32.9 Å². The quantitative estimate of drug-likeness (QED) is 0.173. The Morgan fingerprint density at radius 1 is 0.932 bits per heavy atom. The summed E-state index contributed by atoms with van der Waals surface area (Å²) in [7, 11) is 3.00. The lowest BCUT2D eigenvalue weighted by atomic mass is 10.0. The first kappa shape index (κ1) is 30.6. The van der Waals surface area contributed by atoms with Crippen LogP contribution >= 0.6 is 11.8 Å². The zero-order chi connectivity index (χ0) is 31.2. The highest BCUT2D eigenvalue weighted by Crippen LogP contribution is 2.36. The Kier molecular flexibility index (Phi) is 9.49. The van der Waals surface area contributed by atoms with Crippen molar-refractivity contribution in [3.63, 3.8) is 0 Å². The summed E-state index contributed by atoms with van der Waals surface area (Å²) in [5.74, 6) is 0.606.